The van der Waals surface area contributed by atoms with E-state index in [1.165, 1.54) is 36.3 Å². The second-order valence-corrected chi connectivity index (χ2v) is 7.40. The summed E-state index contributed by atoms with van der Waals surface area (Å²) in [5, 5.41) is 2.56. The number of carbonyl (C=O) groups is 5. The third-order valence-corrected chi connectivity index (χ3v) is 5.08. The molecule has 0 radical (unpaired) electrons. The van der Waals surface area contributed by atoms with Gasteiger partial charge in [0.05, 0.1) is 30.8 Å². The number of ether oxygens (including phenoxy) is 3. The molecular formula is C24H24N2O8. The molecule has 178 valence electrons. The maximum absolute atomic E-state index is 12.4. The topological polar surface area (TPSA) is 128 Å². The first kappa shape index (κ1) is 24.4. The molecule has 1 aliphatic heterocycles. The van der Waals surface area contributed by atoms with Crippen LogP contribution in [0.4, 0.5) is 11.4 Å². The SMILES string of the molecule is CCOC(=O)c1ccc(N2C[C@@H](C(=O)OCC(=O)Nc3ccc(C(=O)OC)cc3)CC2=O)cc1. The van der Waals surface area contributed by atoms with E-state index < -0.39 is 36.3 Å². The van der Waals surface area contributed by atoms with Gasteiger partial charge in [0.1, 0.15) is 0 Å². The Morgan fingerprint density at radius 1 is 0.941 bits per heavy atom. The minimum absolute atomic E-state index is 0.0466. The predicted molar refractivity (Wildman–Crippen MR) is 120 cm³/mol. The highest BCUT2D eigenvalue weighted by Gasteiger charge is 2.36. The lowest BCUT2D eigenvalue weighted by Gasteiger charge is -2.17. The lowest BCUT2D eigenvalue weighted by atomic mass is 10.1. The average molecular weight is 468 g/mol. The molecule has 2 aromatic rings. The van der Waals surface area contributed by atoms with Gasteiger partial charge in [-0.05, 0) is 55.5 Å². The summed E-state index contributed by atoms with van der Waals surface area (Å²) in [4.78, 5) is 61.5. The molecule has 10 nitrogen and oxygen atoms in total. The molecule has 0 spiro atoms. The first-order valence-electron chi connectivity index (χ1n) is 10.5. The first-order valence-corrected chi connectivity index (χ1v) is 10.5. The zero-order valence-electron chi connectivity index (χ0n) is 18.7. The van der Waals surface area contributed by atoms with Crippen LogP contribution in [0.15, 0.2) is 48.5 Å². The van der Waals surface area contributed by atoms with Crippen molar-refractivity contribution in [2.75, 3.05) is 37.1 Å². The molecule has 0 unspecified atom stereocenters. The molecule has 1 fully saturated rings. The van der Waals surface area contributed by atoms with Crippen molar-refractivity contribution < 1.29 is 38.2 Å². The second-order valence-electron chi connectivity index (χ2n) is 7.40. The molecule has 1 atom stereocenters. The summed E-state index contributed by atoms with van der Waals surface area (Å²) >= 11 is 0. The van der Waals surface area contributed by atoms with E-state index in [0.717, 1.165) is 0 Å². The third-order valence-electron chi connectivity index (χ3n) is 5.08. The number of nitrogens with zero attached hydrogens (tertiary/aromatic N) is 1. The number of esters is 3. The molecule has 0 aliphatic carbocycles. The van der Waals surface area contributed by atoms with Crippen LogP contribution in [0.5, 0.6) is 0 Å². The van der Waals surface area contributed by atoms with Gasteiger partial charge in [-0.15, -0.1) is 0 Å². The number of nitrogens with one attached hydrogen (secondary N) is 1. The van der Waals surface area contributed by atoms with Crippen LogP contribution in [-0.2, 0) is 28.6 Å². The van der Waals surface area contributed by atoms with E-state index in [0.29, 0.717) is 22.5 Å². The Hall–Kier alpha value is -4.21. The monoisotopic (exact) mass is 468 g/mol. The number of carbonyl (C=O) groups excluding carboxylic acids is 5. The van der Waals surface area contributed by atoms with E-state index in [1.54, 1.807) is 31.2 Å². The lowest BCUT2D eigenvalue weighted by Crippen LogP contribution is -2.28. The smallest absolute Gasteiger partial charge is 0.338 e. The highest BCUT2D eigenvalue weighted by Crippen LogP contribution is 2.26. The Labute approximate surface area is 195 Å². The zero-order valence-corrected chi connectivity index (χ0v) is 18.7. The van der Waals surface area contributed by atoms with Gasteiger partial charge in [-0.25, -0.2) is 9.59 Å². The molecule has 3 rings (SSSR count). The fraction of sp³-hybridized carbons (Fsp3) is 0.292. The van der Waals surface area contributed by atoms with Crippen LogP contribution in [0.25, 0.3) is 0 Å². The molecule has 0 aromatic heterocycles. The minimum Gasteiger partial charge on any atom is -0.465 e. The van der Waals surface area contributed by atoms with Crippen molar-refractivity contribution in [2.45, 2.75) is 13.3 Å². The Morgan fingerprint density at radius 2 is 1.56 bits per heavy atom. The lowest BCUT2D eigenvalue weighted by molar-refractivity contribution is -0.151. The maximum Gasteiger partial charge on any atom is 0.338 e. The first-order chi connectivity index (χ1) is 16.3. The molecule has 2 aromatic carbocycles. The average Bonchev–Trinajstić information content (AvgIpc) is 3.24. The molecule has 34 heavy (non-hydrogen) atoms. The van der Waals surface area contributed by atoms with E-state index in [9.17, 15) is 24.0 Å². The van der Waals surface area contributed by atoms with Gasteiger partial charge in [0.2, 0.25) is 5.91 Å². The van der Waals surface area contributed by atoms with Gasteiger partial charge in [0, 0.05) is 24.3 Å². The van der Waals surface area contributed by atoms with E-state index in [1.807, 2.05) is 0 Å². The standard InChI is InChI=1S/C24H24N2O8/c1-3-33-23(30)16-6-10-19(11-7-16)26-13-17(12-21(26)28)24(31)34-14-20(27)25-18-8-4-15(5-9-18)22(29)32-2/h4-11,17H,3,12-14H2,1-2H3,(H,25,27)/t17-/m0/s1. The summed E-state index contributed by atoms with van der Waals surface area (Å²) in [7, 11) is 1.27. The van der Waals surface area contributed by atoms with Crippen molar-refractivity contribution >= 4 is 41.1 Å². The van der Waals surface area contributed by atoms with E-state index >= 15 is 0 Å². The van der Waals surface area contributed by atoms with Crippen LogP contribution in [0.3, 0.4) is 0 Å². The van der Waals surface area contributed by atoms with Crippen LogP contribution in [0.1, 0.15) is 34.1 Å². The van der Waals surface area contributed by atoms with Crippen molar-refractivity contribution in [1.82, 2.24) is 0 Å². The molecule has 10 heteroatoms. The molecule has 1 N–H and O–H groups in total. The highest BCUT2D eigenvalue weighted by atomic mass is 16.5. The van der Waals surface area contributed by atoms with E-state index in [2.05, 4.69) is 10.1 Å². The molecular weight excluding hydrogens is 444 g/mol. The predicted octanol–water partition coefficient (Wildman–Crippen LogP) is 2.18. The van der Waals surface area contributed by atoms with E-state index in [4.69, 9.17) is 9.47 Å². The summed E-state index contributed by atoms with van der Waals surface area (Å²) < 4.78 is 14.6. The van der Waals surface area contributed by atoms with Crippen LogP contribution < -0.4 is 10.2 Å². The van der Waals surface area contributed by atoms with Crippen LogP contribution in [0, 0.1) is 5.92 Å². The fourth-order valence-electron chi connectivity index (χ4n) is 3.37. The van der Waals surface area contributed by atoms with Gasteiger partial charge in [-0.3, -0.25) is 14.4 Å². The minimum atomic E-state index is -0.718. The van der Waals surface area contributed by atoms with Gasteiger partial charge in [0.15, 0.2) is 6.61 Å². The zero-order chi connectivity index (χ0) is 24.7. The summed E-state index contributed by atoms with van der Waals surface area (Å²) in [5.74, 6) is -3.15. The highest BCUT2D eigenvalue weighted by molar-refractivity contribution is 6.00. The summed E-state index contributed by atoms with van der Waals surface area (Å²) in [6.07, 6.45) is -0.0466. The number of anilines is 2. The van der Waals surface area contributed by atoms with Gasteiger partial charge in [0.25, 0.3) is 5.91 Å². The Bertz CT molecular complexity index is 1080. The number of methoxy groups -OCH3 is 1. The van der Waals surface area contributed by atoms with Gasteiger partial charge in [-0.1, -0.05) is 0 Å². The van der Waals surface area contributed by atoms with Crippen molar-refractivity contribution in [2.24, 2.45) is 5.92 Å². The number of amides is 2. The molecule has 0 saturated carbocycles. The van der Waals surface area contributed by atoms with Gasteiger partial charge in [-0.2, -0.15) is 0 Å². The third kappa shape index (κ3) is 5.97. The number of hydrogen-bond acceptors (Lipinski definition) is 8. The Morgan fingerprint density at radius 3 is 2.18 bits per heavy atom. The number of rotatable bonds is 8. The molecule has 2 amide bonds. The Kier molecular flexibility index (Phi) is 7.96. The summed E-state index contributed by atoms with van der Waals surface area (Å²) in [6.45, 7) is 1.56. The van der Waals surface area contributed by atoms with Crippen molar-refractivity contribution in [3.63, 3.8) is 0 Å². The van der Waals surface area contributed by atoms with Crippen molar-refractivity contribution in [1.29, 1.82) is 0 Å². The van der Waals surface area contributed by atoms with Gasteiger partial charge >= 0.3 is 17.9 Å². The second kappa shape index (κ2) is 11.1. The summed E-state index contributed by atoms with van der Waals surface area (Å²) in [6, 6.07) is 12.3. The number of hydrogen-bond donors (Lipinski definition) is 1. The normalized spacial score (nSPS) is 14.9. The fourth-order valence-corrected chi connectivity index (χ4v) is 3.37. The van der Waals surface area contributed by atoms with Gasteiger partial charge < -0.3 is 24.4 Å². The van der Waals surface area contributed by atoms with Crippen LogP contribution in [-0.4, -0.2) is 56.6 Å². The van der Waals surface area contributed by atoms with Crippen molar-refractivity contribution in [3.8, 4) is 0 Å². The molecule has 1 heterocycles. The largest absolute Gasteiger partial charge is 0.465 e. The van der Waals surface area contributed by atoms with Crippen LogP contribution in [0.2, 0.25) is 0 Å². The summed E-state index contributed by atoms with van der Waals surface area (Å²) in [5.41, 5.74) is 1.65. The maximum atomic E-state index is 12.4. The van der Waals surface area contributed by atoms with Crippen molar-refractivity contribution in [3.05, 3.63) is 59.7 Å². The van der Waals surface area contributed by atoms with E-state index in [-0.39, 0.29) is 25.5 Å². The molecule has 1 saturated heterocycles. The Balaban J connectivity index is 1.50. The molecule has 1 aliphatic rings. The van der Waals surface area contributed by atoms with Crippen LogP contribution >= 0.6 is 0 Å². The quantitative estimate of drug-likeness (QED) is 0.461. The molecule has 0 bridgehead atoms. The number of benzene rings is 2.